The zero-order chi connectivity index (χ0) is 17.8. The zero-order valence-electron chi connectivity index (χ0n) is 14.6. The van der Waals surface area contributed by atoms with Gasteiger partial charge in [-0.25, -0.2) is 0 Å². The molecule has 1 N–H and O–H groups in total. The molecule has 132 valence electrons. The summed E-state index contributed by atoms with van der Waals surface area (Å²) in [5.41, 5.74) is 3.06. The molecule has 5 nitrogen and oxygen atoms in total. The lowest BCUT2D eigenvalue weighted by molar-refractivity contribution is -0.131. The number of fused-ring (bicyclic) bond motifs is 1. The first-order valence-corrected chi connectivity index (χ1v) is 9.59. The smallest absolute Gasteiger partial charge is 0.234 e. The van der Waals surface area contributed by atoms with Gasteiger partial charge in [-0.2, -0.15) is 0 Å². The first-order valence-electron chi connectivity index (χ1n) is 8.43. The molecule has 0 aliphatic carbocycles. The summed E-state index contributed by atoms with van der Waals surface area (Å²) >= 11 is 1.36. The largest absolute Gasteiger partial charge is 0.348 e. The van der Waals surface area contributed by atoms with Gasteiger partial charge in [0.1, 0.15) is 0 Å². The van der Waals surface area contributed by atoms with Crippen molar-refractivity contribution in [3.8, 4) is 0 Å². The number of carbonyl (C=O) groups excluding carboxylic acids is 2. The van der Waals surface area contributed by atoms with Crippen molar-refractivity contribution in [1.82, 2.24) is 9.47 Å². The third kappa shape index (κ3) is 4.25. The van der Waals surface area contributed by atoms with Crippen LogP contribution in [-0.4, -0.2) is 39.3 Å². The van der Waals surface area contributed by atoms with E-state index >= 15 is 0 Å². The Balaban J connectivity index is 1.46. The van der Waals surface area contributed by atoms with E-state index in [1.807, 2.05) is 42.2 Å². The monoisotopic (exact) mass is 357 g/mol. The number of amides is 2. The molecule has 1 aromatic carbocycles. The van der Waals surface area contributed by atoms with Crippen LogP contribution in [0.15, 0.2) is 42.6 Å². The number of rotatable bonds is 5. The van der Waals surface area contributed by atoms with Crippen LogP contribution in [0.3, 0.4) is 0 Å². The first-order chi connectivity index (χ1) is 12.0. The Hall–Kier alpha value is -2.21. The molecule has 1 unspecified atom stereocenters. The number of carbonyl (C=O) groups is 2. The summed E-state index contributed by atoms with van der Waals surface area (Å²) in [4.78, 5) is 26.4. The summed E-state index contributed by atoms with van der Waals surface area (Å²) in [6.07, 6.45) is 2.05. The number of nitrogens with one attached hydrogen (secondary N) is 1. The lowest BCUT2D eigenvalue weighted by atomic mass is 10.1. The lowest BCUT2D eigenvalue weighted by Crippen LogP contribution is -2.41. The molecule has 2 amide bonds. The topological polar surface area (TPSA) is 54.3 Å². The number of anilines is 1. The van der Waals surface area contributed by atoms with Gasteiger partial charge in [0.15, 0.2) is 0 Å². The molecule has 6 heteroatoms. The van der Waals surface area contributed by atoms with E-state index in [0.29, 0.717) is 5.75 Å². The molecule has 1 atom stereocenters. The molecule has 0 fully saturated rings. The van der Waals surface area contributed by atoms with Gasteiger partial charge in [-0.3, -0.25) is 9.59 Å². The Bertz CT molecular complexity index is 772. The normalized spacial score (nSPS) is 16.4. The number of nitrogens with zero attached hydrogens (tertiary/aromatic N) is 2. The van der Waals surface area contributed by atoms with Gasteiger partial charge in [-0.15, -0.1) is 11.8 Å². The van der Waals surface area contributed by atoms with Crippen LogP contribution in [-0.2, 0) is 16.1 Å². The van der Waals surface area contributed by atoms with E-state index in [9.17, 15) is 9.59 Å². The van der Waals surface area contributed by atoms with Crippen molar-refractivity contribution in [3.05, 3.63) is 53.9 Å². The Morgan fingerprint density at radius 1 is 1.20 bits per heavy atom. The SMILES string of the molecule is Cc1cccc(NC(=O)CSCC(=O)N2CCn3cccc3C2C)c1. The molecule has 3 rings (SSSR count). The number of hydrogen-bond donors (Lipinski definition) is 1. The summed E-state index contributed by atoms with van der Waals surface area (Å²) in [5.74, 6) is 0.613. The summed E-state index contributed by atoms with van der Waals surface area (Å²) in [5, 5.41) is 2.87. The summed E-state index contributed by atoms with van der Waals surface area (Å²) in [6.45, 7) is 5.59. The van der Waals surface area contributed by atoms with Gasteiger partial charge in [0.05, 0.1) is 17.5 Å². The van der Waals surface area contributed by atoms with Crippen LogP contribution in [0.25, 0.3) is 0 Å². The summed E-state index contributed by atoms with van der Waals surface area (Å²) in [6, 6.07) is 11.9. The fraction of sp³-hybridized carbons (Fsp3) is 0.368. The number of benzene rings is 1. The second kappa shape index (κ2) is 7.78. The number of aryl methyl sites for hydroxylation is 1. The highest BCUT2D eigenvalue weighted by molar-refractivity contribution is 8.00. The molecule has 0 saturated carbocycles. The number of hydrogen-bond acceptors (Lipinski definition) is 3. The van der Waals surface area contributed by atoms with Gasteiger partial charge >= 0.3 is 0 Å². The van der Waals surface area contributed by atoms with Crippen molar-refractivity contribution in [2.75, 3.05) is 23.4 Å². The molecular formula is C19H23N3O2S. The average Bonchev–Trinajstić information content (AvgIpc) is 3.04. The minimum Gasteiger partial charge on any atom is -0.348 e. The van der Waals surface area contributed by atoms with Crippen molar-refractivity contribution < 1.29 is 9.59 Å². The van der Waals surface area contributed by atoms with Crippen molar-refractivity contribution in [2.24, 2.45) is 0 Å². The zero-order valence-corrected chi connectivity index (χ0v) is 15.4. The molecule has 0 bridgehead atoms. The molecule has 25 heavy (non-hydrogen) atoms. The third-order valence-corrected chi connectivity index (χ3v) is 5.34. The Labute approximate surface area is 152 Å². The van der Waals surface area contributed by atoms with Crippen LogP contribution >= 0.6 is 11.8 Å². The molecule has 0 spiro atoms. The lowest BCUT2D eigenvalue weighted by Gasteiger charge is -2.35. The van der Waals surface area contributed by atoms with E-state index in [2.05, 4.69) is 29.1 Å². The molecule has 0 radical (unpaired) electrons. The van der Waals surface area contributed by atoms with Crippen LogP contribution in [0.1, 0.15) is 24.2 Å². The highest BCUT2D eigenvalue weighted by Crippen LogP contribution is 2.25. The van der Waals surface area contributed by atoms with E-state index in [0.717, 1.165) is 24.3 Å². The first kappa shape index (κ1) is 17.6. The van der Waals surface area contributed by atoms with Crippen molar-refractivity contribution in [1.29, 1.82) is 0 Å². The third-order valence-electron chi connectivity index (χ3n) is 4.42. The van der Waals surface area contributed by atoms with E-state index in [1.54, 1.807) is 0 Å². The van der Waals surface area contributed by atoms with Crippen LogP contribution in [0.5, 0.6) is 0 Å². The van der Waals surface area contributed by atoms with Crippen LogP contribution in [0.2, 0.25) is 0 Å². The van der Waals surface area contributed by atoms with Gasteiger partial charge in [0.2, 0.25) is 11.8 Å². The van der Waals surface area contributed by atoms with E-state index in [1.165, 1.54) is 17.5 Å². The van der Waals surface area contributed by atoms with Gasteiger partial charge in [0.25, 0.3) is 0 Å². The second-order valence-corrected chi connectivity index (χ2v) is 7.29. The molecule has 1 aliphatic heterocycles. The van der Waals surface area contributed by atoms with Gasteiger partial charge in [-0.1, -0.05) is 12.1 Å². The standard InChI is InChI=1S/C19H23N3O2S/c1-14-5-3-6-16(11-14)20-18(23)12-25-13-19(24)22-10-9-21-8-4-7-17(21)15(22)2/h3-8,11,15H,9-10,12-13H2,1-2H3,(H,20,23). The summed E-state index contributed by atoms with van der Waals surface area (Å²) in [7, 11) is 0. The maximum atomic E-state index is 12.5. The number of aromatic nitrogens is 1. The molecule has 0 saturated heterocycles. The van der Waals surface area contributed by atoms with E-state index < -0.39 is 0 Å². The van der Waals surface area contributed by atoms with E-state index in [4.69, 9.17) is 0 Å². The Morgan fingerprint density at radius 2 is 2.04 bits per heavy atom. The minimum absolute atomic E-state index is 0.0797. The predicted molar refractivity (Wildman–Crippen MR) is 102 cm³/mol. The Morgan fingerprint density at radius 3 is 2.84 bits per heavy atom. The van der Waals surface area contributed by atoms with E-state index in [-0.39, 0.29) is 23.6 Å². The van der Waals surface area contributed by atoms with Gasteiger partial charge < -0.3 is 14.8 Å². The fourth-order valence-electron chi connectivity index (χ4n) is 3.15. The molecule has 2 heterocycles. The number of thioether (sulfide) groups is 1. The molecule has 2 aromatic rings. The highest BCUT2D eigenvalue weighted by atomic mass is 32.2. The van der Waals surface area contributed by atoms with Crippen molar-refractivity contribution >= 4 is 29.3 Å². The predicted octanol–water partition coefficient (Wildman–Crippen LogP) is 3.07. The quantitative estimate of drug-likeness (QED) is 0.895. The highest BCUT2D eigenvalue weighted by Gasteiger charge is 2.27. The molecular weight excluding hydrogens is 334 g/mol. The van der Waals surface area contributed by atoms with Crippen molar-refractivity contribution in [2.45, 2.75) is 26.4 Å². The molecule has 1 aromatic heterocycles. The van der Waals surface area contributed by atoms with Gasteiger partial charge in [0, 0.05) is 30.7 Å². The van der Waals surface area contributed by atoms with Gasteiger partial charge in [-0.05, 0) is 43.7 Å². The Kier molecular flexibility index (Phi) is 5.48. The van der Waals surface area contributed by atoms with Crippen LogP contribution in [0, 0.1) is 6.92 Å². The fourth-order valence-corrected chi connectivity index (χ4v) is 3.85. The maximum absolute atomic E-state index is 12.5. The van der Waals surface area contributed by atoms with Crippen molar-refractivity contribution in [3.63, 3.8) is 0 Å². The van der Waals surface area contributed by atoms with Crippen LogP contribution < -0.4 is 5.32 Å². The maximum Gasteiger partial charge on any atom is 0.234 e. The summed E-state index contributed by atoms with van der Waals surface area (Å²) < 4.78 is 2.19. The average molecular weight is 357 g/mol. The van der Waals surface area contributed by atoms with Crippen LogP contribution in [0.4, 0.5) is 5.69 Å². The molecule has 1 aliphatic rings. The second-order valence-electron chi connectivity index (χ2n) is 6.30. The minimum atomic E-state index is -0.0797.